The molecule has 0 radical (unpaired) electrons. The molecule has 2 aliphatic heterocycles. The number of anilines is 1. The fourth-order valence-electron chi connectivity index (χ4n) is 4.74. The number of alkyl halides is 1. The first-order chi connectivity index (χ1) is 16.0. The van der Waals surface area contributed by atoms with Crippen LogP contribution in [-0.4, -0.2) is 70.7 Å². The van der Waals surface area contributed by atoms with Gasteiger partial charge in [0.25, 0.3) is 0 Å². The molecule has 5 rings (SSSR count). The molecule has 33 heavy (non-hydrogen) atoms. The van der Waals surface area contributed by atoms with Crippen LogP contribution in [0.5, 0.6) is 11.6 Å². The fraction of sp³-hybridized carbons (Fsp3) is 0.320. The first-order valence-electron chi connectivity index (χ1n) is 10.9. The van der Waals surface area contributed by atoms with Gasteiger partial charge in [0.05, 0.1) is 24.9 Å². The number of halogens is 1. The maximum atomic E-state index is 15.1. The monoisotopic (exact) mass is 447 g/mol. The second kappa shape index (κ2) is 8.44. The van der Waals surface area contributed by atoms with Crippen molar-refractivity contribution in [2.75, 3.05) is 26.1 Å². The predicted octanol–water partition coefficient (Wildman–Crippen LogP) is 3.71. The third-order valence-electron chi connectivity index (χ3n) is 6.76. The number of methoxy groups -OCH3 is 1. The summed E-state index contributed by atoms with van der Waals surface area (Å²) in [4.78, 5) is 8.07. The normalized spacial score (nSPS) is 24.1. The smallest absolute Gasteiger partial charge is 0.213 e. The second-order valence-corrected chi connectivity index (χ2v) is 8.56. The molecule has 2 aliphatic rings. The van der Waals surface area contributed by atoms with Crippen molar-refractivity contribution in [2.45, 2.75) is 30.7 Å². The Balaban J connectivity index is 1.35. The molecule has 2 aromatic heterocycles. The lowest BCUT2D eigenvalue weighted by Gasteiger charge is -2.43. The van der Waals surface area contributed by atoms with Crippen LogP contribution in [0.3, 0.4) is 0 Å². The maximum Gasteiger partial charge on any atom is 0.213 e. The number of likely N-dealkylation sites (N-methyl/N-ethyl adjacent to an activating group) is 1. The molecule has 0 aliphatic carbocycles. The molecule has 2 bridgehead atoms. The summed E-state index contributed by atoms with van der Waals surface area (Å²) in [7, 11) is 5.39. The molecule has 170 valence electrons. The van der Waals surface area contributed by atoms with Crippen molar-refractivity contribution in [3.05, 3.63) is 60.8 Å². The van der Waals surface area contributed by atoms with Crippen molar-refractivity contribution in [3.8, 4) is 34.0 Å². The Bertz CT molecular complexity index is 1190. The van der Waals surface area contributed by atoms with Gasteiger partial charge in [0, 0.05) is 30.9 Å². The van der Waals surface area contributed by atoms with Crippen LogP contribution in [0, 0.1) is 0 Å². The molecule has 4 atom stereocenters. The topological polar surface area (TPSA) is 74.6 Å². The summed E-state index contributed by atoms with van der Waals surface area (Å²) < 4.78 is 20.3. The lowest BCUT2D eigenvalue weighted by atomic mass is 9.94. The summed E-state index contributed by atoms with van der Waals surface area (Å²) in [5, 5.41) is 19.3. The van der Waals surface area contributed by atoms with Gasteiger partial charge in [0.2, 0.25) is 5.88 Å². The predicted molar refractivity (Wildman–Crippen MR) is 125 cm³/mol. The molecule has 1 fully saturated rings. The molecule has 0 spiro atoms. The Hall–Kier alpha value is -3.52. The zero-order valence-corrected chi connectivity index (χ0v) is 18.8. The van der Waals surface area contributed by atoms with Gasteiger partial charge in [-0.1, -0.05) is 18.2 Å². The third-order valence-corrected chi connectivity index (χ3v) is 6.76. The molecule has 0 saturated carbocycles. The van der Waals surface area contributed by atoms with E-state index >= 15 is 4.39 Å². The minimum absolute atomic E-state index is 0.0977. The molecule has 1 aromatic carbocycles. The minimum Gasteiger partial charge on any atom is -0.507 e. The highest BCUT2D eigenvalue weighted by molar-refractivity contribution is 5.74. The Kier molecular flexibility index (Phi) is 5.46. The fourth-order valence-corrected chi connectivity index (χ4v) is 4.74. The molecular formula is C25H26FN5O2. The number of nitrogens with zero attached hydrogens (tertiary/aromatic N) is 5. The van der Waals surface area contributed by atoms with Crippen LogP contribution in [0.15, 0.2) is 60.8 Å². The zero-order chi connectivity index (χ0) is 23.1. The van der Waals surface area contributed by atoms with E-state index in [9.17, 15) is 5.11 Å². The van der Waals surface area contributed by atoms with Crippen molar-refractivity contribution in [1.82, 2.24) is 20.1 Å². The van der Waals surface area contributed by atoms with Gasteiger partial charge >= 0.3 is 0 Å². The summed E-state index contributed by atoms with van der Waals surface area (Å²) in [5.41, 5.74) is 2.84. The molecule has 1 N–H and O–H groups in total. The average molecular weight is 448 g/mol. The van der Waals surface area contributed by atoms with Crippen molar-refractivity contribution in [2.24, 2.45) is 0 Å². The summed E-state index contributed by atoms with van der Waals surface area (Å²) >= 11 is 0. The highest BCUT2D eigenvalue weighted by atomic mass is 19.1. The van der Waals surface area contributed by atoms with E-state index in [1.165, 1.54) is 0 Å². The summed E-state index contributed by atoms with van der Waals surface area (Å²) in [5.74, 6) is 1.21. The highest BCUT2D eigenvalue weighted by Crippen LogP contribution is 2.36. The van der Waals surface area contributed by atoms with Crippen LogP contribution < -0.4 is 9.64 Å². The van der Waals surface area contributed by atoms with Crippen LogP contribution in [0.2, 0.25) is 0 Å². The Morgan fingerprint density at radius 3 is 2.64 bits per heavy atom. The SMILES string of the molecule is COc1cc(-c2ccc(-c3ccc(N(C)[C@@H]4C[C@H]5C=C[C@@H]([C@@H]4F)N5C)nn3)c(O)c2)ccn1. The van der Waals surface area contributed by atoms with E-state index in [4.69, 9.17) is 4.74 Å². The molecular weight excluding hydrogens is 421 g/mol. The number of pyridine rings is 1. The number of hydrogen-bond acceptors (Lipinski definition) is 7. The van der Waals surface area contributed by atoms with Crippen molar-refractivity contribution in [1.29, 1.82) is 0 Å². The van der Waals surface area contributed by atoms with Gasteiger partial charge < -0.3 is 14.7 Å². The summed E-state index contributed by atoms with van der Waals surface area (Å²) in [6.07, 6.45) is 5.42. The molecule has 8 heteroatoms. The number of hydrogen-bond donors (Lipinski definition) is 1. The van der Waals surface area contributed by atoms with E-state index < -0.39 is 6.17 Å². The van der Waals surface area contributed by atoms with Crippen molar-refractivity contribution < 1.29 is 14.2 Å². The number of ether oxygens (including phenoxy) is 1. The van der Waals surface area contributed by atoms with Gasteiger partial charge in [-0.3, -0.25) is 4.90 Å². The first-order valence-corrected chi connectivity index (χ1v) is 10.9. The van der Waals surface area contributed by atoms with Gasteiger partial charge in [-0.05, 0) is 54.9 Å². The number of fused-ring (bicyclic) bond motifs is 2. The molecule has 0 amide bonds. The number of phenols is 1. The van der Waals surface area contributed by atoms with E-state index in [1.54, 1.807) is 25.4 Å². The van der Waals surface area contributed by atoms with E-state index in [-0.39, 0.29) is 23.9 Å². The highest BCUT2D eigenvalue weighted by Gasteiger charge is 2.44. The zero-order valence-electron chi connectivity index (χ0n) is 18.8. The molecule has 0 unspecified atom stereocenters. The van der Waals surface area contributed by atoms with Gasteiger partial charge in [0.15, 0.2) is 5.82 Å². The van der Waals surface area contributed by atoms with Gasteiger partial charge in [0.1, 0.15) is 11.9 Å². The largest absolute Gasteiger partial charge is 0.507 e. The average Bonchev–Trinajstić information content (AvgIpc) is 3.11. The van der Waals surface area contributed by atoms with Gasteiger partial charge in [-0.2, -0.15) is 0 Å². The number of piperidine rings is 1. The summed E-state index contributed by atoms with van der Waals surface area (Å²) in [6.45, 7) is 0. The van der Waals surface area contributed by atoms with Crippen LogP contribution in [0.25, 0.3) is 22.4 Å². The van der Waals surface area contributed by atoms with E-state index in [2.05, 4.69) is 26.2 Å². The Morgan fingerprint density at radius 2 is 1.91 bits per heavy atom. The van der Waals surface area contributed by atoms with Crippen LogP contribution in [0.1, 0.15) is 6.42 Å². The quantitative estimate of drug-likeness (QED) is 0.598. The van der Waals surface area contributed by atoms with Crippen molar-refractivity contribution >= 4 is 5.82 Å². The van der Waals surface area contributed by atoms with E-state index in [0.717, 1.165) is 11.1 Å². The minimum atomic E-state index is -1.00. The van der Waals surface area contributed by atoms with E-state index in [1.807, 2.05) is 55.4 Å². The molecule has 1 saturated heterocycles. The van der Waals surface area contributed by atoms with Gasteiger partial charge in [-0.15, -0.1) is 10.2 Å². The van der Waals surface area contributed by atoms with Crippen LogP contribution in [-0.2, 0) is 0 Å². The molecule has 7 nitrogen and oxygen atoms in total. The Morgan fingerprint density at radius 1 is 1.09 bits per heavy atom. The number of phenolic OH excluding ortho intramolecular Hbond substituents is 1. The number of rotatable bonds is 5. The third kappa shape index (κ3) is 3.80. The number of aromatic hydroxyl groups is 1. The standard InChI is InChI=1S/C25H26FN5O2/c1-30-17-5-8-20(30)25(26)21(14-17)31(2)23-9-7-19(28-29-23)18-6-4-15(12-22(18)32)16-10-11-27-24(13-16)33-3/h4-13,17,20-21,25,32H,14H2,1-3H3/t17-,20+,21-,25+/m1/s1. The van der Waals surface area contributed by atoms with Gasteiger partial charge in [-0.25, -0.2) is 9.37 Å². The van der Waals surface area contributed by atoms with Crippen LogP contribution >= 0.6 is 0 Å². The number of benzene rings is 1. The maximum absolute atomic E-state index is 15.1. The molecule has 3 aromatic rings. The Labute approximate surface area is 192 Å². The number of aromatic nitrogens is 3. The van der Waals surface area contributed by atoms with E-state index in [0.29, 0.717) is 29.4 Å². The van der Waals surface area contributed by atoms with Crippen LogP contribution in [0.4, 0.5) is 10.2 Å². The lowest BCUT2D eigenvalue weighted by Crippen LogP contribution is -2.56. The first kappa shape index (κ1) is 21.3. The second-order valence-electron chi connectivity index (χ2n) is 8.56. The lowest BCUT2D eigenvalue weighted by molar-refractivity contribution is 0.0825. The van der Waals surface area contributed by atoms with Crippen molar-refractivity contribution in [3.63, 3.8) is 0 Å². The molecule has 4 heterocycles. The summed E-state index contributed by atoms with van der Waals surface area (Å²) in [6, 6.07) is 12.5.